The first kappa shape index (κ1) is 52.8. The molecule has 18 aromatic rings. The molecule has 0 saturated heterocycles. The van der Waals surface area contributed by atoms with Crippen molar-refractivity contribution in [2.24, 2.45) is 0 Å². The van der Waals surface area contributed by atoms with Gasteiger partial charge in [-0.15, -0.1) is 0 Å². The molecule has 1 aliphatic rings. The Morgan fingerprint density at radius 1 is 0.304 bits per heavy atom. The van der Waals surface area contributed by atoms with Crippen LogP contribution in [0.25, 0.3) is 99.8 Å². The van der Waals surface area contributed by atoms with Crippen LogP contribution in [-0.2, 0) is 5.41 Å². The Kier molecular flexibility index (Phi) is 13.9. The molecule has 0 atom stereocenters. The third-order valence-corrected chi connectivity index (χ3v) is 21.1. The molecule has 19 rings (SSSR count). The molecule has 0 radical (unpaired) electrons. The number of nitrogens with one attached hydrogen (secondary N) is 1. The van der Waals surface area contributed by atoms with Crippen LogP contribution in [0.1, 0.15) is 48.3 Å². The first-order valence-electron chi connectivity index (χ1n) is 45.3. The summed E-state index contributed by atoms with van der Waals surface area (Å²) in [6.45, 7) is 5.56. The van der Waals surface area contributed by atoms with Gasteiger partial charge in [0, 0.05) is 84.2 Å². The summed E-state index contributed by atoms with van der Waals surface area (Å²) in [5.74, 6) is 0. The number of furan rings is 1. The highest BCUT2D eigenvalue weighted by Gasteiger charge is 2.41. The van der Waals surface area contributed by atoms with Crippen LogP contribution in [0.3, 0.4) is 0 Å². The topological polar surface area (TPSA) is 34.9 Å². The largest absolute Gasteiger partial charge is 0.456 e. The molecule has 0 bridgehead atoms. The fraction of sp³-hybridized carbons (Fsp3) is 0.0377. The lowest BCUT2D eigenvalue weighted by molar-refractivity contribution is 0.590. The van der Waals surface area contributed by atoms with E-state index in [2.05, 4.69) is 152 Å². The molecule has 0 aliphatic carbocycles. The monoisotopic (exact) mass is 1450 g/mol. The summed E-state index contributed by atoms with van der Waals surface area (Å²) in [4.78, 5) is 5.21. The van der Waals surface area contributed by atoms with Crippen molar-refractivity contribution in [3.05, 3.63) is 424 Å². The Labute approximate surface area is 678 Å². The molecule has 1 aliphatic heterocycles. The van der Waals surface area contributed by atoms with Gasteiger partial charge < -0.3 is 24.4 Å². The number of benzene rings is 17. The molecular weight excluding hydrogens is 1360 g/mol. The van der Waals surface area contributed by atoms with Crippen LogP contribution < -0.4 is 36.4 Å². The second kappa shape index (κ2) is 29.4. The molecule has 2 heterocycles. The minimum Gasteiger partial charge on any atom is -0.456 e. The van der Waals surface area contributed by atoms with Crippen LogP contribution in [0.15, 0.2) is 423 Å². The first-order chi connectivity index (χ1) is 61.8. The standard InChI is InChI=1S/C106H79BN4O/c1-106(2,3)83-57-60-97-100(70-83)111(105-93(77-42-21-8-22-43-77)68-82(74-36-15-5-16-37-74)69-94(105)80-45-33-44-78(64-80)79-56-63-103-95(65-79)90-54-31-32-55-102(90)112-103)101-72-89(110(86-50-27-11-28-51-86)87-52-29-12-30-53-87)59-62-98(101)107(97)96-61-58-88(109(84-46-23-9-24-47-84)85-48-25-10-26-49-85)71-99(96)108-104-91(75-38-17-6-18-39-75)66-81(73-34-13-4-14-35-73)67-92(104)76-40-19-7-20-41-76/h4-72,108H,1-3H3/i9D,10D,11D,12D,23D,24D,25D,26D,27D,28D,29D,30D,46D,48D,50D,52D. The first-order valence-corrected chi connectivity index (χ1v) is 37.3. The zero-order valence-corrected chi connectivity index (χ0v) is 61.4. The Balaban J connectivity index is 0.971. The van der Waals surface area contributed by atoms with Crippen molar-refractivity contribution < 1.29 is 26.3 Å². The summed E-state index contributed by atoms with van der Waals surface area (Å²) in [7, 11) is 0. The van der Waals surface area contributed by atoms with E-state index in [-0.39, 0.29) is 34.1 Å². The van der Waals surface area contributed by atoms with E-state index in [1.165, 1.54) is 34.1 Å². The summed E-state index contributed by atoms with van der Waals surface area (Å²) in [5, 5.41) is 6.08. The summed E-state index contributed by atoms with van der Waals surface area (Å²) in [5.41, 5.74) is 18.8. The van der Waals surface area contributed by atoms with Gasteiger partial charge in [-0.25, -0.2) is 0 Å². The molecule has 0 spiro atoms. The highest BCUT2D eigenvalue weighted by Crippen LogP contribution is 2.53. The number of nitrogens with zero attached hydrogens (tertiary/aromatic N) is 3. The SMILES string of the molecule is [2H]c1cc(N(c2ccc(B3c4ccc(N(c5cc([2H])c([2H])c([2H])c5[2H])c5cc([2H])c([2H])c([2H])c5[2H])cc4N(c4c(-c5ccccc5)cc(-c5ccccc5)cc4-c4cccc(-c5ccc6oc7ccccc7c6c5)c4)c4cc(C(C)(C)C)ccc43)c(Nc3c(-c4ccccc4)cc(-c4ccccc4)cc3-c3ccccc3)c2)c2cc([2H])c([2H])c([2H])c2[2H])c([2H])c([2H])c1[2H]. The minimum atomic E-state index is -0.905. The van der Waals surface area contributed by atoms with Gasteiger partial charge in [0.05, 0.1) is 33.3 Å². The van der Waals surface area contributed by atoms with Crippen molar-refractivity contribution in [2.45, 2.75) is 26.2 Å². The van der Waals surface area contributed by atoms with Gasteiger partial charge in [0.1, 0.15) is 11.2 Å². The van der Waals surface area contributed by atoms with Gasteiger partial charge in [-0.1, -0.05) is 312 Å². The third-order valence-electron chi connectivity index (χ3n) is 21.1. The van der Waals surface area contributed by atoms with Crippen LogP contribution in [0.4, 0.5) is 62.6 Å². The molecule has 0 fully saturated rings. The molecule has 0 unspecified atom stereocenters. The Hall–Kier alpha value is -14.2. The summed E-state index contributed by atoms with van der Waals surface area (Å²) in [6.07, 6.45) is 0. The molecule has 0 saturated carbocycles. The van der Waals surface area contributed by atoms with Crippen LogP contribution in [0.5, 0.6) is 0 Å². The van der Waals surface area contributed by atoms with Gasteiger partial charge in [-0.3, -0.25) is 0 Å². The number of rotatable bonds is 17. The van der Waals surface area contributed by atoms with Crippen LogP contribution in [0.2, 0.25) is 0 Å². The lowest BCUT2D eigenvalue weighted by Gasteiger charge is -2.41. The van der Waals surface area contributed by atoms with Gasteiger partial charge in [0.2, 0.25) is 6.71 Å². The summed E-state index contributed by atoms with van der Waals surface area (Å²) >= 11 is 0. The quantitative estimate of drug-likeness (QED) is 0.0919. The maximum atomic E-state index is 9.88. The van der Waals surface area contributed by atoms with E-state index >= 15 is 0 Å². The van der Waals surface area contributed by atoms with Gasteiger partial charge in [0.15, 0.2) is 0 Å². The van der Waals surface area contributed by atoms with Gasteiger partial charge in [-0.2, -0.15) is 0 Å². The van der Waals surface area contributed by atoms with Crippen molar-refractivity contribution >= 4 is 108 Å². The third kappa shape index (κ3) is 13.1. The van der Waals surface area contributed by atoms with Gasteiger partial charge >= 0.3 is 0 Å². The molecule has 1 N–H and O–H groups in total. The average Bonchev–Trinajstić information content (AvgIpc) is 0.753. The number of para-hydroxylation sites is 5. The Bertz CT molecular complexity index is 7320. The van der Waals surface area contributed by atoms with Crippen LogP contribution in [-0.4, -0.2) is 6.71 Å². The minimum absolute atomic E-state index is 0.119. The molecule has 532 valence electrons. The predicted octanol–water partition coefficient (Wildman–Crippen LogP) is 27.5. The van der Waals surface area contributed by atoms with E-state index in [4.69, 9.17) is 9.90 Å². The van der Waals surface area contributed by atoms with E-state index < -0.39 is 109 Å². The van der Waals surface area contributed by atoms with Crippen molar-refractivity contribution in [3.8, 4) is 77.9 Å². The lowest BCUT2D eigenvalue weighted by atomic mass is 9.34. The summed E-state index contributed by atoms with van der Waals surface area (Å²) < 4.78 is 156. The van der Waals surface area contributed by atoms with E-state index in [0.29, 0.717) is 39.4 Å². The second-order valence-electron chi connectivity index (χ2n) is 28.9. The fourth-order valence-electron chi connectivity index (χ4n) is 15.8. The highest BCUT2D eigenvalue weighted by molar-refractivity contribution is 6.99. The molecule has 6 heteroatoms. The van der Waals surface area contributed by atoms with Crippen LogP contribution >= 0.6 is 0 Å². The molecule has 5 nitrogen and oxygen atoms in total. The molecule has 1 aromatic heterocycles. The average molecular weight is 1450 g/mol. The number of hydrogen-bond donors (Lipinski definition) is 1. The molecule has 112 heavy (non-hydrogen) atoms. The number of hydrogen-bond acceptors (Lipinski definition) is 5. The maximum absolute atomic E-state index is 9.88. The number of fused-ring (bicyclic) bond motifs is 5. The number of anilines is 11. The molecule has 17 aromatic carbocycles. The van der Waals surface area contributed by atoms with Gasteiger partial charge in [0.25, 0.3) is 0 Å². The smallest absolute Gasteiger partial charge is 0.249 e. The predicted molar refractivity (Wildman–Crippen MR) is 475 cm³/mol. The van der Waals surface area contributed by atoms with Crippen molar-refractivity contribution in [3.63, 3.8) is 0 Å². The summed E-state index contributed by atoms with van der Waals surface area (Å²) in [6, 6.07) is 97.0. The second-order valence-corrected chi connectivity index (χ2v) is 28.9. The van der Waals surface area contributed by atoms with E-state index in [9.17, 15) is 16.4 Å². The van der Waals surface area contributed by atoms with Crippen LogP contribution in [0, 0.1) is 0 Å². The van der Waals surface area contributed by atoms with Crippen molar-refractivity contribution in [1.29, 1.82) is 0 Å². The normalized spacial score (nSPS) is 13.8. The van der Waals surface area contributed by atoms with Crippen molar-refractivity contribution in [2.75, 3.05) is 20.0 Å². The van der Waals surface area contributed by atoms with Gasteiger partial charge in [-0.05, 0) is 210 Å². The molecule has 0 amide bonds. The zero-order valence-electron chi connectivity index (χ0n) is 77.4. The van der Waals surface area contributed by atoms with E-state index in [0.717, 1.165) is 111 Å². The maximum Gasteiger partial charge on any atom is 0.249 e. The zero-order chi connectivity index (χ0) is 89.0. The van der Waals surface area contributed by atoms with E-state index in [1.54, 1.807) is 12.1 Å². The fourth-order valence-corrected chi connectivity index (χ4v) is 15.8. The molecular formula is C106H79BN4O. The van der Waals surface area contributed by atoms with E-state index in [1.807, 2.05) is 164 Å². The van der Waals surface area contributed by atoms with Crippen molar-refractivity contribution in [1.82, 2.24) is 0 Å². The Morgan fingerprint density at radius 2 is 0.723 bits per heavy atom. The highest BCUT2D eigenvalue weighted by atomic mass is 16.3. The lowest BCUT2D eigenvalue weighted by Crippen LogP contribution is -2.58. The Morgan fingerprint density at radius 3 is 1.26 bits per heavy atom.